The van der Waals surface area contributed by atoms with Crippen LogP contribution < -0.4 is 10.3 Å². The van der Waals surface area contributed by atoms with E-state index in [0.717, 1.165) is 22.1 Å². The number of rotatable bonds is 4. The van der Waals surface area contributed by atoms with Crippen LogP contribution in [-0.2, 0) is 4.74 Å². The highest BCUT2D eigenvalue weighted by Gasteiger charge is 2.44. The summed E-state index contributed by atoms with van der Waals surface area (Å²) in [4.78, 5) is 14.7. The fraction of sp³-hybridized carbons (Fsp3) is 0.318. The summed E-state index contributed by atoms with van der Waals surface area (Å²) in [7, 11) is 0. The van der Waals surface area contributed by atoms with Crippen molar-refractivity contribution in [1.29, 1.82) is 0 Å². The number of hydrogen-bond acceptors (Lipinski definition) is 7. The van der Waals surface area contributed by atoms with Gasteiger partial charge < -0.3 is 34.9 Å². The molecule has 1 aromatic heterocycles. The van der Waals surface area contributed by atoms with Crippen molar-refractivity contribution in [3.8, 4) is 16.9 Å². The number of hydrogen-bond donors (Lipinski definition) is 5. The lowest BCUT2D eigenvalue weighted by molar-refractivity contribution is -0.277. The summed E-state index contributed by atoms with van der Waals surface area (Å²) in [6, 6.07) is 12.8. The number of ether oxygens (including phenoxy) is 2. The van der Waals surface area contributed by atoms with Crippen molar-refractivity contribution in [2.24, 2.45) is 0 Å². The SMILES string of the molecule is Cc1cc(-c2ccc3cc[nH]c(=O)c3c2)ccc1OC1OC(CO)C(O)C(O)C1O. The molecule has 8 heteroatoms. The van der Waals surface area contributed by atoms with Crippen LogP contribution in [0.4, 0.5) is 0 Å². The van der Waals surface area contributed by atoms with Crippen LogP contribution in [0.2, 0.25) is 0 Å². The maximum Gasteiger partial charge on any atom is 0.255 e. The second-order valence-corrected chi connectivity index (χ2v) is 7.40. The lowest BCUT2D eigenvalue weighted by Crippen LogP contribution is -2.60. The molecule has 0 bridgehead atoms. The zero-order valence-corrected chi connectivity index (χ0v) is 16.2. The number of aromatic nitrogens is 1. The minimum absolute atomic E-state index is 0.159. The minimum Gasteiger partial charge on any atom is -0.462 e. The molecule has 2 heterocycles. The molecule has 3 aromatic rings. The number of aryl methyl sites for hydroxylation is 1. The van der Waals surface area contributed by atoms with E-state index in [0.29, 0.717) is 11.1 Å². The minimum atomic E-state index is -1.50. The number of H-pyrrole nitrogens is 1. The van der Waals surface area contributed by atoms with Gasteiger partial charge in [0.1, 0.15) is 30.2 Å². The van der Waals surface area contributed by atoms with Crippen molar-refractivity contribution in [3.05, 3.63) is 64.6 Å². The summed E-state index contributed by atoms with van der Waals surface area (Å²) in [5, 5.41) is 40.7. The third-order valence-corrected chi connectivity index (χ3v) is 5.38. The largest absolute Gasteiger partial charge is 0.462 e. The topological polar surface area (TPSA) is 132 Å². The normalized spacial score (nSPS) is 26.6. The molecule has 0 spiro atoms. The van der Waals surface area contributed by atoms with E-state index >= 15 is 0 Å². The van der Waals surface area contributed by atoms with Crippen molar-refractivity contribution in [2.45, 2.75) is 37.6 Å². The zero-order chi connectivity index (χ0) is 21.4. The Kier molecular flexibility index (Phi) is 5.59. The predicted octanol–water partition coefficient (Wildman–Crippen LogP) is 0.682. The fourth-order valence-corrected chi connectivity index (χ4v) is 3.61. The Labute approximate surface area is 172 Å². The summed E-state index contributed by atoms with van der Waals surface area (Å²) in [6.45, 7) is 1.29. The van der Waals surface area contributed by atoms with Gasteiger partial charge in [0.05, 0.1) is 6.61 Å². The number of aliphatic hydroxyl groups is 4. The van der Waals surface area contributed by atoms with E-state index in [1.54, 1.807) is 12.3 Å². The van der Waals surface area contributed by atoms with Crippen LogP contribution in [0.5, 0.6) is 5.75 Å². The average Bonchev–Trinajstić information content (AvgIpc) is 2.75. The van der Waals surface area contributed by atoms with E-state index in [9.17, 15) is 25.2 Å². The average molecular weight is 413 g/mol. The van der Waals surface area contributed by atoms with Gasteiger partial charge in [0.2, 0.25) is 6.29 Å². The van der Waals surface area contributed by atoms with Gasteiger partial charge >= 0.3 is 0 Å². The highest BCUT2D eigenvalue weighted by Crippen LogP contribution is 2.30. The highest BCUT2D eigenvalue weighted by molar-refractivity contribution is 5.86. The molecule has 0 aliphatic carbocycles. The van der Waals surface area contributed by atoms with Crippen molar-refractivity contribution >= 4 is 10.8 Å². The molecule has 5 atom stereocenters. The Morgan fingerprint density at radius 1 is 1.00 bits per heavy atom. The Balaban J connectivity index is 1.59. The summed E-state index contributed by atoms with van der Waals surface area (Å²) in [5.74, 6) is 0.418. The van der Waals surface area contributed by atoms with Crippen molar-refractivity contribution in [2.75, 3.05) is 6.61 Å². The molecule has 1 saturated heterocycles. The molecular weight excluding hydrogens is 390 g/mol. The molecule has 4 rings (SSSR count). The van der Waals surface area contributed by atoms with Gasteiger partial charge in [0.25, 0.3) is 5.56 Å². The standard InChI is InChI=1S/C22H23NO7/c1-11-8-13(14-3-2-12-6-7-23-21(28)15(12)9-14)4-5-16(11)29-22-20(27)19(26)18(25)17(10-24)30-22/h2-9,17-20,22,24-27H,10H2,1H3,(H,23,28). The van der Waals surface area contributed by atoms with Gasteiger partial charge in [-0.1, -0.05) is 18.2 Å². The van der Waals surface area contributed by atoms with Crippen molar-refractivity contribution < 1.29 is 29.9 Å². The summed E-state index contributed by atoms with van der Waals surface area (Å²) in [5.41, 5.74) is 2.32. The van der Waals surface area contributed by atoms with Gasteiger partial charge in [-0.2, -0.15) is 0 Å². The van der Waals surface area contributed by atoms with E-state index in [4.69, 9.17) is 9.47 Å². The number of nitrogens with one attached hydrogen (secondary N) is 1. The summed E-state index contributed by atoms with van der Waals surface area (Å²) < 4.78 is 11.1. The molecule has 30 heavy (non-hydrogen) atoms. The Bertz CT molecular complexity index is 1110. The molecule has 1 aliphatic heterocycles. The van der Waals surface area contributed by atoms with Crippen LogP contribution in [0, 0.1) is 6.92 Å². The van der Waals surface area contributed by atoms with E-state index in [-0.39, 0.29) is 5.56 Å². The number of fused-ring (bicyclic) bond motifs is 1. The number of aliphatic hydroxyl groups excluding tert-OH is 4. The summed E-state index contributed by atoms with van der Waals surface area (Å²) in [6.07, 6.45) is -5.10. The Morgan fingerprint density at radius 2 is 1.73 bits per heavy atom. The first-order valence-corrected chi connectivity index (χ1v) is 9.58. The zero-order valence-electron chi connectivity index (χ0n) is 16.2. The van der Waals surface area contributed by atoms with E-state index in [1.165, 1.54) is 0 Å². The lowest BCUT2D eigenvalue weighted by atomic mass is 9.99. The molecule has 1 fully saturated rings. The third kappa shape index (κ3) is 3.71. The first kappa shape index (κ1) is 20.5. The Morgan fingerprint density at radius 3 is 2.47 bits per heavy atom. The second-order valence-electron chi connectivity index (χ2n) is 7.40. The quantitative estimate of drug-likeness (QED) is 0.425. The van der Waals surface area contributed by atoms with Crippen LogP contribution in [-0.4, -0.2) is 62.7 Å². The maximum absolute atomic E-state index is 12.1. The number of aromatic amines is 1. The first-order chi connectivity index (χ1) is 14.4. The summed E-state index contributed by atoms with van der Waals surface area (Å²) >= 11 is 0. The molecule has 0 radical (unpaired) electrons. The van der Waals surface area contributed by atoms with Crippen LogP contribution in [0.3, 0.4) is 0 Å². The fourth-order valence-electron chi connectivity index (χ4n) is 3.61. The molecule has 158 valence electrons. The van der Waals surface area contributed by atoms with Gasteiger partial charge in [-0.15, -0.1) is 0 Å². The van der Waals surface area contributed by atoms with Crippen LogP contribution >= 0.6 is 0 Å². The highest BCUT2D eigenvalue weighted by atomic mass is 16.7. The Hall–Kier alpha value is -2.75. The van der Waals surface area contributed by atoms with Crippen molar-refractivity contribution in [1.82, 2.24) is 4.98 Å². The van der Waals surface area contributed by atoms with E-state index in [2.05, 4.69) is 4.98 Å². The van der Waals surface area contributed by atoms with E-state index < -0.39 is 37.3 Å². The van der Waals surface area contributed by atoms with Gasteiger partial charge in [-0.25, -0.2) is 0 Å². The molecule has 5 N–H and O–H groups in total. The van der Waals surface area contributed by atoms with Gasteiger partial charge in [0, 0.05) is 11.6 Å². The van der Waals surface area contributed by atoms with Gasteiger partial charge in [0.15, 0.2) is 0 Å². The molecule has 0 saturated carbocycles. The maximum atomic E-state index is 12.1. The second kappa shape index (κ2) is 8.17. The van der Waals surface area contributed by atoms with Gasteiger partial charge in [-0.05, 0) is 53.3 Å². The molecule has 0 amide bonds. The molecular formula is C22H23NO7. The van der Waals surface area contributed by atoms with Gasteiger partial charge in [-0.3, -0.25) is 4.79 Å². The van der Waals surface area contributed by atoms with Crippen LogP contribution in [0.15, 0.2) is 53.5 Å². The molecule has 2 aromatic carbocycles. The number of pyridine rings is 1. The molecule has 5 unspecified atom stereocenters. The smallest absolute Gasteiger partial charge is 0.255 e. The molecule has 8 nitrogen and oxygen atoms in total. The number of benzene rings is 2. The first-order valence-electron chi connectivity index (χ1n) is 9.58. The van der Waals surface area contributed by atoms with Crippen LogP contribution in [0.1, 0.15) is 5.56 Å². The molecule has 1 aliphatic rings. The predicted molar refractivity (Wildman–Crippen MR) is 109 cm³/mol. The lowest BCUT2D eigenvalue weighted by Gasteiger charge is -2.39. The third-order valence-electron chi connectivity index (χ3n) is 5.38. The monoisotopic (exact) mass is 413 g/mol. The van der Waals surface area contributed by atoms with Crippen molar-refractivity contribution in [3.63, 3.8) is 0 Å². The van der Waals surface area contributed by atoms with Crippen LogP contribution in [0.25, 0.3) is 21.9 Å². The van der Waals surface area contributed by atoms with E-state index in [1.807, 2.05) is 43.3 Å².